The maximum absolute atomic E-state index is 14.9. The lowest BCUT2D eigenvalue weighted by atomic mass is 9.91. The topological polar surface area (TPSA) is 71.0 Å². The lowest BCUT2D eigenvalue weighted by Gasteiger charge is -2.45. The van der Waals surface area contributed by atoms with E-state index < -0.39 is 24.0 Å². The molecule has 0 amide bonds. The van der Waals surface area contributed by atoms with Crippen LogP contribution in [0.1, 0.15) is 24.8 Å². The van der Waals surface area contributed by atoms with E-state index >= 15 is 0 Å². The molecule has 36 heavy (non-hydrogen) atoms. The normalized spacial score (nSPS) is 16.9. The second kappa shape index (κ2) is 9.68. The van der Waals surface area contributed by atoms with E-state index in [0.29, 0.717) is 41.3 Å². The predicted molar refractivity (Wildman–Crippen MR) is 128 cm³/mol. The Hall–Kier alpha value is -3.21. The summed E-state index contributed by atoms with van der Waals surface area (Å²) < 4.78 is 52.2. The zero-order valence-electron chi connectivity index (χ0n) is 19.1. The third-order valence-electron chi connectivity index (χ3n) is 6.08. The maximum Gasteiger partial charge on any atom is 0.395 e. The predicted octanol–water partition coefficient (Wildman–Crippen LogP) is 5.77. The average Bonchev–Trinajstić information content (AvgIpc) is 3.63. The van der Waals surface area contributed by atoms with Gasteiger partial charge in [-0.05, 0) is 60.4 Å². The van der Waals surface area contributed by atoms with E-state index in [1.54, 1.807) is 48.7 Å². The van der Waals surface area contributed by atoms with Crippen LogP contribution in [0.4, 0.5) is 35.0 Å². The Bertz CT molecular complexity index is 1230. The Morgan fingerprint density at radius 2 is 1.83 bits per heavy atom. The lowest BCUT2D eigenvalue weighted by molar-refractivity contribution is -0.151. The van der Waals surface area contributed by atoms with Gasteiger partial charge in [-0.2, -0.15) is 13.2 Å². The van der Waals surface area contributed by atoms with Crippen molar-refractivity contribution >= 4 is 35.0 Å². The Morgan fingerprint density at radius 1 is 1.08 bits per heavy atom. The Balaban J connectivity index is 1.31. The number of pyridine rings is 1. The summed E-state index contributed by atoms with van der Waals surface area (Å²) in [4.78, 5) is 27.7. The van der Waals surface area contributed by atoms with Crippen LogP contribution in [-0.4, -0.2) is 45.7 Å². The van der Waals surface area contributed by atoms with Crippen LogP contribution in [0.15, 0.2) is 64.8 Å². The van der Waals surface area contributed by atoms with E-state index in [0.717, 1.165) is 17.7 Å². The average molecular weight is 518 g/mol. The third-order valence-corrected chi connectivity index (χ3v) is 6.96. The molecule has 1 saturated carbocycles. The molecule has 1 N–H and O–H groups in total. The highest BCUT2D eigenvalue weighted by molar-refractivity contribution is 7.99. The molecule has 1 aliphatic carbocycles. The summed E-state index contributed by atoms with van der Waals surface area (Å²) in [5.74, 6) is 0.978. The van der Waals surface area contributed by atoms with Gasteiger partial charge in [0, 0.05) is 23.6 Å². The fourth-order valence-electron chi connectivity index (χ4n) is 4.16. The largest absolute Gasteiger partial charge is 0.395 e. The van der Waals surface area contributed by atoms with Crippen LogP contribution in [0.2, 0.25) is 0 Å². The lowest BCUT2D eigenvalue weighted by Crippen LogP contribution is -2.60. The van der Waals surface area contributed by atoms with E-state index in [2.05, 4.69) is 20.3 Å². The highest BCUT2D eigenvalue weighted by Gasteiger charge is 2.54. The fourth-order valence-corrected chi connectivity index (χ4v) is 4.92. The number of carbonyl (C=O) groups excluding carboxylic acids is 1. The smallest absolute Gasteiger partial charge is 0.350 e. The molecule has 3 heterocycles. The summed E-state index contributed by atoms with van der Waals surface area (Å²) in [5.41, 5.74) is -0.660. The minimum atomic E-state index is -4.51. The number of hydrogen-bond donors (Lipinski definition) is 1. The number of benzene rings is 1. The highest BCUT2D eigenvalue weighted by atomic mass is 32.2. The fraction of sp³-hybridized carbons (Fsp3) is 0.360. The third kappa shape index (κ3) is 6.13. The Morgan fingerprint density at radius 3 is 2.47 bits per heavy atom. The van der Waals surface area contributed by atoms with Crippen LogP contribution < -0.4 is 10.2 Å². The van der Waals surface area contributed by atoms with Gasteiger partial charge in [0.2, 0.25) is 0 Å². The molecule has 0 radical (unpaired) electrons. The number of aromatic nitrogens is 3. The first kappa shape index (κ1) is 24.5. The number of carbonyl (C=O) groups is 1. The van der Waals surface area contributed by atoms with Crippen LogP contribution in [-0.2, 0) is 11.2 Å². The monoisotopic (exact) mass is 517 g/mol. The van der Waals surface area contributed by atoms with Crippen LogP contribution in [0.5, 0.6) is 0 Å². The summed E-state index contributed by atoms with van der Waals surface area (Å²) in [5, 5.41) is 3.58. The molecular weight excluding hydrogens is 494 g/mol. The molecule has 0 atom stereocenters. The number of ketones is 1. The summed E-state index contributed by atoms with van der Waals surface area (Å²) >= 11 is 1.27. The van der Waals surface area contributed by atoms with Gasteiger partial charge in [-0.1, -0.05) is 18.2 Å². The highest BCUT2D eigenvalue weighted by Crippen LogP contribution is 2.48. The first-order valence-corrected chi connectivity index (χ1v) is 12.3. The van der Waals surface area contributed by atoms with Crippen molar-refractivity contribution in [1.82, 2.24) is 15.0 Å². The first-order valence-electron chi connectivity index (χ1n) is 11.5. The summed E-state index contributed by atoms with van der Waals surface area (Å²) in [7, 11) is 0. The second-order valence-corrected chi connectivity index (χ2v) is 10.2. The number of halogens is 4. The van der Waals surface area contributed by atoms with Gasteiger partial charge in [-0.3, -0.25) is 4.79 Å². The molecule has 0 bridgehead atoms. The van der Waals surface area contributed by atoms with E-state index in [9.17, 15) is 22.4 Å². The molecule has 1 saturated heterocycles. The number of alkyl halides is 4. The van der Waals surface area contributed by atoms with Gasteiger partial charge in [-0.15, -0.1) is 0 Å². The number of rotatable bonds is 9. The van der Waals surface area contributed by atoms with E-state index in [-0.39, 0.29) is 12.3 Å². The van der Waals surface area contributed by atoms with E-state index in [4.69, 9.17) is 0 Å². The van der Waals surface area contributed by atoms with Crippen molar-refractivity contribution in [3.8, 4) is 0 Å². The molecule has 2 aliphatic rings. The van der Waals surface area contributed by atoms with Crippen molar-refractivity contribution < 1.29 is 22.4 Å². The van der Waals surface area contributed by atoms with Gasteiger partial charge >= 0.3 is 6.18 Å². The van der Waals surface area contributed by atoms with E-state index in [1.807, 2.05) is 11.0 Å². The molecule has 1 aromatic carbocycles. The molecular formula is C25H23F4N5OS. The van der Waals surface area contributed by atoms with Crippen LogP contribution in [0.25, 0.3) is 0 Å². The molecule has 11 heteroatoms. The number of hydrogen-bond acceptors (Lipinski definition) is 7. The van der Waals surface area contributed by atoms with Gasteiger partial charge in [0.25, 0.3) is 0 Å². The first-order chi connectivity index (χ1) is 17.1. The molecule has 6 nitrogen and oxygen atoms in total. The number of anilines is 3. The molecule has 2 fully saturated rings. The minimum absolute atomic E-state index is 0.136. The van der Waals surface area contributed by atoms with Gasteiger partial charge in [-0.25, -0.2) is 19.3 Å². The van der Waals surface area contributed by atoms with Crippen molar-refractivity contribution in [1.29, 1.82) is 0 Å². The van der Waals surface area contributed by atoms with Crippen molar-refractivity contribution in [2.45, 2.75) is 47.6 Å². The SMILES string of the molecule is O=C(Cc1ccc(Sc2nc(Nc3ccccn3)cc(N3CC(F)(C4CC4)C3)n2)cc1)CC(F)(F)F. The molecule has 1 aliphatic heterocycles. The quantitative estimate of drug-likeness (QED) is 0.286. The molecule has 3 aromatic rings. The summed E-state index contributed by atoms with van der Waals surface area (Å²) in [6.07, 6.45) is -2.71. The van der Waals surface area contributed by atoms with Crippen LogP contribution >= 0.6 is 11.8 Å². The molecule has 0 unspecified atom stereocenters. The Kier molecular flexibility index (Phi) is 6.59. The number of Topliss-reactive ketones (excluding diaryl/α,β-unsaturated/α-hetero) is 1. The summed E-state index contributed by atoms with van der Waals surface area (Å²) in [6.45, 7) is 0.588. The van der Waals surface area contributed by atoms with Crippen LogP contribution in [0, 0.1) is 5.92 Å². The van der Waals surface area contributed by atoms with E-state index in [1.165, 1.54) is 11.8 Å². The van der Waals surface area contributed by atoms with Crippen molar-refractivity contribution in [2.75, 3.05) is 23.3 Å². The minimum Gasteiger partial charge on any atom is -0.350 e. The summed E-state index contributed by atoms with van der Waals surface area (Å²) in [6, 6.07) is 13.9. The molecule has 2 aromatic heterocycles. The van der Waals surface area contributed by atoms with Crippen molar-refractivity contribution in [3.05, 3.63) is 60.3 Å². The van der Waals surface area contributed by atoms with Crippen LogP contribution in [0.3, 0.4) is 0 Å². The molecule has 5 rings (SSSR count). The second-order valence-electron chi connectivity index (χ2n) is 9.15. The van der Waals surface area contributed by atoms with Gasteiger partial charge in [0.15, 0.2) is 5.16 Å². The van der Waals surface area contributed by atoms with Gasteiger partial charge in [0.1, 0.15) is 35.3 Å². The van der Waals surface area contributed by atoms with Crippen molar-refractivity contribution in [2.24, 2.45) is 5.92 Å². The van der Waals surface area contributed by atoms with Gasteiger partial charge in [0.05, 0.1) is 13.1 Å². The number of nitrogens with one attached hydrogen (secondary N) is 1. The zero-order chi connectivity index (χ0) is 25.3. The molecule has 0 spiro atoms. The number of nitrogens with zero attached hydrogens (tertiary/aromatic N) is 4. The molecule has 188 valence electrons. The maximum atomic E-state index is 14.9. The van der Waals surface area contributed by atoms with Gasteiger partial charge < -0.3 is 10.2 Å². The Labute approximate surface area is 209 Å². The van der Waals surface area contributed by atoms with Crippen molar-refractivity contribution in [3.63, 3.8) is 0 Å². The zero-order valence-corrected chi connectivity index (χ0v) is 19.9. The standard InChI is InChI=1S/C25H23F4N5OS/c26-24(17-6-7-17)14-34(15-24)22-12-21(31-20-3-1-2-10-30-20)32-23(33-22)36-19-8-4-16(5-9-19)11-18(35)13-25(27,28)29/h1-5,8-10,12,17H,6-7,11,13-15H2,(H,30,31,32,33).